The van der Waals surface area contributed by atoms with E-state index in [0.29, 0.717) is 11.4 Å². The van der Waals surface area contributed by atoms with Gasteiger partial charge in [0.25, 0.3) is 5.91 Å². The molecule has 1 aromatic heterocycles. The molecule has 0 unspecified atom stereocenters. The molecule has 0 atom stereocenters. The van der Waals surface area contributed by atoms with Crippen LogP contribution in [0, 0.1) is 0 Å². The maximum atomic E-state index is 12.0. The molecule has 0 aliphatic heterocycles. The number of carbonyl (C=O) groups is 1. The van der Waals surface area contributed by atoms with Gasteiger partial charge in [-0.3, -0.25) is 4.79 Å². The quantitative estimate of drug-likeness (QED) is 0.854. The molecule has 0 fully saturated rings. The molecule has 0 aliphatic carbocycles. The normalized spacial score (nSPS) is 12.6. The first kappa shape index (κ1) is 14.1. The summed E-state index contributed by atoms with van der Waals surface area (Å²) >= 11 is 1.12. The Morgan fingerprint density at radius 3 is 2.41 bits per heavy atom. The number of nitrogens with one attached hydrogen (secondary N) is 1. The summed E-state index contributed by atoms with van der Waals surface area (Å²) in [7, 11) is 0. The first-order valence-electron chi connectivity index (χ1n) is 5.51. The van der Waals surface area contributed by atoms with Crippen LogP contribution in [0.3, 0.4) is 0 Å². The average molecular weight is 256 g/mol. The summed E-state index contributed by atoms with van der Waals surface area (Å²) in [4.78, 5) is 12.6. The molecule has 0 aliphatic rings. The van der Waals surface area contributed by atoms with Crippen molar-refractivity contribution in [3.63, 3.8) is 0 Å². The summed E-state index contributed by atoms with van der Waals surface area (Å²) in [6.45, 7) is 10.2. The fraction of sp³-hybridized carbons (Fsp3) is 0.727. The number of aromatic nitrogens is 2. The Kier molecular flexibility index (Phi) is 3.88. The van der Waals surface area contributed by atoms with Crippen molar-refractivity contribution in [1.29, 1.82) is 0 Å². The van der Waals surface area contributed by atoms with Crippen molar-refractivity contribution in [2.75, 3.05) is 6.54 Å². The smallest absolute Gasteiger partial charge is 0.265 e. The molecule has 0 spiro atoms. The maximum absolute atomic E-state index is 12.0. The summed E-state index contributed by atoms with van der Waals surface area (Å²) in [5, 5.41) is 6.83. The molecule has 6 heteroatoms. The molecule has 0 saturated heterocycles. The standard InChI is InChI=1S/C11H20N4OS/c1-10(2,3)8-7(17-15-14-8)9(16)13-6-11(4,5)12/h6,12H2,1-5H3,(H,13,16). The van der Waals surface area contributed by atoms with Crippen LogP contribution in [0.15, 0.2) is 0 Å². The lowest BCUT2D eigenvalue weighted by Crippen LogP contribution is -2.45. The minimum atomic E-state index is -0.421. The molecular weight excluding hydrogens is 236 g/mol. The van der Waals surface area contributed by atoms with Crippen LogP contribution in [-0.4, -0.2) is 27.6 Å². The van der Waals surface area contributed by atoms with Gasteiger partial charge in [0.2, 0.25) is 0 Å². The topological polar surface area (TPSA) is 80.9 Å². The third-order valence-electron chi connectivity index (χ3n) is 2.11. The van der Waals surface area contributed by atoms with E-state index in [4.69, 9.17) is 5.73 Å². The Morgan fingerprint density at radius 1 is 1.35 bits per heavy atom. The second kappa shape index (κ2) is 4.70. The molecular formula is C11H20N4OS. The van der Waals surface area contributed by atoms with E-state index in [9.17, 15) is 4.79 Å². The van der Waals surface area contributed by atoms with Gasteiger partial charge in [0.1, 0.15) is 4.88 Å². The zero-order chi connectivity index (χ0) is 13.3. The molecule has 1 rings (SSSR count). The summed E-state index contributed by atoms with van der Waals surface area (Å²) in [6, 6.07) is 0. The predicted molar refractivity (Wildman–Crippen MR) is 69.2 cm³/mol. The van der Waals surface area contributed by atoms with Gasteiger partial charge in [0, 0.05) is 17.5 Å². The van der Waals surface area contributed by atoms with Gasteiger partial charge in [-0.15, -0.1) is 5.10 Å². The van der Waals surface area contributed by atoms with Crippen molar-refractivity contribution in [3.8, 4) is 0 Å². The first-order chi connectivity index (χ1) is 7.61. The van der Waals surface area contributed by atoms with Gasteiger partial charge in [0.15, 0.2) is 0 Å². The van der Waals surface area contributed by atoms with Gasteiger partial charge in [-0.05, 0) is 25.4 Å². The van der Waals surface area contributed by atoms with E-state index >= 15 is 0 Å². The van der Waals surface area contributed by atoms with Crippen LogP contribution >= 0.6 is 11.5 Å². The Hall–Kier alpha value is -1.01. The highest BCUT2D eigenvalue weighted by molar-refractivity contribution is 7.08. The van der Waals surface area contributed by atoms with E-state index in [0.717, 1.165) is 17.2 Å². The Morgan fingerprint density at radius 2 is 1.94 bits per heavy atom. The van der Waals surface area contributed by atoms with Crippen LogP contribution in [0.5, 0.6) is 0 Å². The van der Waals surface area contributed by atoms with Gasteiger partial charge in [-0.1, -0.05) is 25.3 Å². The van der Waals surface area contributed by atoms with Gasteiger partial charge < -0.3 is 11.1 Å². The van der Waals surface area contributed by atoms with Crippen molar-refractivity contribution >= 4 is 17.4 Å². The summed E-state index contributed by atoms with van der Waals surface area (Å²) in [6.07, 6.45) is 0. The van der Waals surface area contributed by atoms with Crippen molar-refractivity contribution in [2.45, 2.75) is 45.6 Å². The second-order valence-corrected chi connectivity index (χ2v) is 6.63. The van der Waals surface area contributed by atoms with Gasteiger partial charge >= 0.3 is 0 Å². The van der Waals surface area contributed by atoms with Crippen LogP contribution in [0.4, 0.5) is 0 Å². The van der Waals surface area contributed by atoms with Crippen LogP contribution < -0.4 is 11.1 Å². The minimum Gasteiger partial charge on any atom is -0.349 e. The predicted octanol–water partition coefficient (Wildman–Crippen LogP) is 1.30. The molecule has 0 radical (unpaired) electrons. The van der Waals surface area contributed by atoms with E-state index in [2.05, 4.69) is 14.9 Å². The van der Waals surface area contributed by atoms with Gasteiger partial charge in [-0.2, -0.15) is 0 Å². The number of nitrogens with two attached hydrogens (primary N) is 1. The fourth-order valence-electron chi connectivity index (χ4n) is 1.22. The second-order valence-electron chi connectivity index (χ2n) is 5.87. The van der Waals surface area contributed by atoms with E-state index in [1.54, 1.807) is 0 Å². The fourth-order valence-corrected chi connectivity index (χ4v) is 2.01. The number of hydrogen-bond acceptors (Lipinski definition) is 5. The largest absolute Gasteiger partial charge is 0.349 e. The molecule has 0 aromatic carbocycles. The molecule has 0 bridgehead atoms. The molecule has 17 heavy (non-hydrogen) atoms. The zero-order valence-electron chi connectivity index (χ0n) is 11.0. The molecule has 96 valence electrons. The summed E-state index contributed by atoms with van der Waals surface area (Å²) in [5.74, 6) is -0.150. The van der Waals surface area contributed by atoms with E-state index in [1.165, 1.54) is 0 Å². The van der Waals surface area contributed by atoms with Crippen LogP contribution in [0.2, 0.25) is 0 Å². The third-order valence-corrected chi connectivity index (χ3v) is 2.83. The summed E-state index contributed by atoms with van der Waals surface area (Å²) in [5.41, 5.74) is 5.95. The number of hydrogen-bond donors (Lipinski definition) is 2. The minimum absolute atomic E-state index is 0.150. The molecule has 1 aromatic rings. The van der Waals surface area contributed by atoms with Gasteiger partial charge in [-0.25, -0.2) is 0 Å². The average Bonchev–Trinajstić information content (AvgIpc) is 2.60. The lowest BCUT2D eigenvalue weighted by atomic mass is 9.91. The summed E-state index contributed by atoms with van der Waals surface area (Å²) < 4.78 is 3.85. The number of nitrogens with zero attached hydrogens (tertiary/aromatic N) is 2. The van der Waals surface area contributed by atoms with E-state index in [1.807, 2.05) is 34.6 Å². The number of amides is 1. The Balaban J connectivity index is 2.81. The van der Waals surface area contributed by atoms with E-state index in [-0.39, 0.29) is 11.3 Å². The lowest BCUT2D eigenvalue weighted by molar-refractivity contribution is 0.0947. The first-order valence-corrected chi connectivity index (χ1v) is 6.28. The highest BCUT2D eigenvalue weighted by Gasteiger charge is 2.26. The van der Waals surface area contributed by atoms with Crippen molar-refractivity contribution < 1.29 is 4.79 Å². The molecule has 0 saturated carbocycles. The van der Waals surface area contributed by atoms with Crippen LogP contribution in [-0.2, 0) is 5.41 Å². The molecule has 1 amide bonds. The zero-order valence-corrected chi connectivity index (χ0v) is 11.8. The van der Waals surface area contributed by atoms with Crippen molar-refractivity contribution in [3.05, 3.63) is 10.6 Å². The highest BCUT2D eigenvalue weighted by atomic mass is 32.1. The maximum Gasteiger partial charge on any atom is 0.265 e. The van der Waals surface area contributed by atoms with E-state index < -0.39 is 5.54 Å². The Labute approximate surface area is 106 Å². The lowest BCUT2D eigenvalue weighted by Gasteiger charge is -2.20. The van der Waals surface area contributed by atoms with Gasteiger partial charge in [0.05, 0.1) is 5.69 Å². The van der Waals surface area contributed by atoms with Crippen molar-refractivity contribution in [1.82, 2.24) is 14.9 Å². The molecule has 3 N–H and O–H groups in total. The Bertz CT molecular complexity index is 400. The SMILES string of the molecule is CC(C)(N)CNC(=O)c1snnc1C(C)(C)C. The van der Waals surface area contributed by atoms with Crippen LogP contribution in [0.1, 0.15) is 50.0 Å². The molecule has 5 nitrogen and oxygen atoms in total. The highest BCUT2D eigenvalue weighted by Crippen LogP contribution is 2.25. The monoisotopic (exact) mass is 256 g/mol. The number of carbonyl (C=O) groups excluding carboxylic acids is 1. The van der Waals surface area contributed by atoms with Crippen LogP contribution in [0.25, 0.3) is 0 Å². The number of rotatable bonds is 3. The third kappa shape index (κ3) is 4.05. The molecule has 1 heterocycles. The van der Waals surface area contributed by atoms with Crippen molar-refractivity contribution in [2.24, 2.45) is 5.73 Å².